The first kappa shape index (κ1) is 21.2. The highest BCUT2D eigenvalue weighted by molar-refractivity contribution is 14.0. The van der Waals surface area contributed by atoms with Gasteiger partial charge in [-0.15, -0.1) is 24.0 Å². The molecule has 6 nitrogen and oxygen atoms in total. The van der Waals surface area contributed by atoms with Crippen LogP contribution in [0.5, 0.6) is 0 Å². The van der Waals surface area contributed by atoms with E-state index < -0.39 is 10.0 Å². The van der Waals surface area contributed by atoms with Crippen LogP contribution in [0.15, 0.2) is 34.2 Å². The predicted molar refractivity (Wildman–Crippen MR) is 108 cm³/mol. The Hall–Kier alpha value is -0.870. The fraction of sp³-hybridized carbons (Fsp3) is 0.562. The number of sulfonamides is 1. The molecule has 0 saturated heterocycles. The molecule has 1 saturated carbocycles. The fourth-order valence-corrected chi connectivity index (χ4v) is 3.39. The van der Waals surface area contributed by atoms with E-state index in [2.05, 4.69) is 22.5 Å². The van der Waals surface area contributed by atoms with Crippen LogP contribution in [0.25, 0.3) is 0 Å². The number of aliphatic imine (C=N–C) groups is 1. The molecule has 0 aliphatic heterocycles. The number of benzene rings is 1. The van der Waals surface area contributed by atoms with Crippen molar-refractivity contribution in [3.05, 3.63) is 29.8 Å². The zero-order valence-corrected chi connectivity index (χ0v) is 17.3. The molecule has 0 atom stereocenters. The van der Waals surface area contributed by atoms with E-state index in [-0.39, 0.29) is 28.9 Å². The summed E-state index contributed by atoms with van der Waals surface area (Å²) in [5.41, 5.74) is 0.844. The Morgan fingerprint density at radius 2 is 1.96 bits per heavy atom. The number of guanidine groups is 1. The molecule has 8 heteroatoms. The molecule has 1 aliphatic carbocycles. The Labute approximate surface area is 161 Å². The molecule has 0 bridgehead atoms. The van der Waals surface area contributed by atoms with Crippen molar-refractivity contribution in [3.8, 4) is 0 Å². The Morgan fingerprint density at radius 1 is 1.29 bits per heavy atom. The normalized spacial score (nSPS) is 21.7. The number of rotatable bonds is 4. The fourth-order valence-electron chi connectivity index (χ4n) is 2.81. The first-order valence-electron chi connectivity index (χ1n) is 7.97. The molecule has 1 aromatic rings. The van der Waals surface area contributed by atoms with Crippen LogP contribution in [0.2, 0.25) is 0 Å². The third kappa shape index (κ3) is 6.56. The summed E-state index contributed by atoms with van der Waals surface area (Å²) in [6.07, 6.45) is 4.79. The highest BCUT2D eigenvalue weighted by atomic mass is 127. The number of nitrogens with zero attached hydrogens (tertiary/aromatic N) is 1. The summed E-state index contributed by atoms with van der Waals surface area (Å²) < 4.78 is 22.8. The van der Waals surface area contributed by atoms with Gasteiger partial charge in [-0.2, -0.15) is 0 Å². The monoisotopic (exact) mass is 466 g/mol. The van der Waals surface area contributed by atoms with Gasteiger partial charge in [-0.25, -0.2) is 13.6 Å². The quantitative estimate of drug-likeness (QED) is 0.360. The summed E-state index contributed by atoms with van der Waals surface area (Å²) in [5, 5.41) is 11.8. The van der Waals surface area contributed by atoms with Crippen molar-refractivity contribution >= 4 is 40.0 Å². The van der Waals surface area contributed by atoms with Gasteiger partial charge in [0.15, 0.2) is 5.96 Å². The smallest absolute Gasteiger partial charge is 0.238 e. The topological polar surface area (TPSA) is 96.6 Å². The summed E-state index contributed by atoms with van der Waals surface area (Å²) >= 11 is 0. The van der Waals surface area contributed by atoms with Gasteiger partial charge in [0.1, 0.15) is 0 Å². The maximum Gasteiger partial charge on any atom is 0.238 e. The van der Waals surface area contributed by atoms with Gasteiger partial charge in [-0.1, -0.05) is 19.1 Å². The Kier molecular flexibility index (Phi) is 8.44. The van der Waals surface area contributed by atoms with E-state index in [1.165, 1.54) is 18.9 Å². The van der Waals surface area contributed by atoms with Gasteiger partial charge in [0.05, 0.1) is 4.90 Å². The van der Waals surface area contributed by atoms with E-state index >= 15 is 0 Å². The zero-order valence-electron chi connectivity index (χ0n) is 14.2. The maximum atomic E-state index is 11.4. The van der Waals surface area contributed by atoms with E-state index in [4.69, 9.17) is 5.14 Å². The number of nitrogens with two attached hydrogens (primary N) is 1. The van der Waals surface area contributed by atoms with Crippen LogP contribution in [0.1, 0.15) is 38.2 Å². The zero-order chi connectivity index (χ0) is 16.9. The molecular formula is C16H27IN4O2S. The number of halogens is 1. The van der Waals surface area contributed by atoms with Gasteiger partial charge < -0.3 is 10.6 Å². The van der Waals surface area contributed by atoms with Crippen LogP contribution in [0.3, 0.4) is 0 Å². The minimum Gasteiger partial charge on any atom is -0.354 e. The SMILES string of the molecule is CN=C(NCc1cccc(S(N)(=O)=O)c1)NC1CCC(C)CC1.I. The molecule has 0 amide bonds. The number of nitrogens with one attached hydrogen (secondary N) is 2. The van der Waals surface area contributed by atoms with Gasteiger partial charge in [-0.3, -0.25) is 4.99 Å². The van der Waals surface area contributed by atoms with Gasteiger partial charge in [0, 0.05) is 19.6 Å². The molecule has 1 aliphatic rings. The van der Waals surface area contributed by atoms with E-state index in [9.17, 15) is 8.42 Å². The molecular weight excluding hydrogens is 439 g/mol. The largest absolute Gasteiger partial charge is 0.354 e. The highest BCUT2D eigenvalue weighted by Crippen LogP contribution is 2.23. The standard InChI is InChI=1S/C16H26N4O2S.HI/c1-12-6-8-14(9-7-12)20-16(18-2)19-11-13-4-3-5-15(10-13)23(17,21)22;/h3-5,10,12,14H,6-9,11H2,1-2H3,(H2,17,21,22)(H2,18,19,20);1H. The molecule has 1 fully saturated rings. The van der Waals surface area contributed by atoms with Crippen LogP contribution in [-0.2, 0) is 16.6 Å². The van der Waals surface area contributed by atoms with Crippen molar-refractivity contribution in [1.82, 2.24) is 10.6 Å². The molecule has 136 valence electrons. The first-order valence-corrected chi connectivity index (χ1v) is 9.52. The van der Waals surface area contributed by atoms with Crippen LogP contribution >= 0.6 is 24.0 Å². The van der Waals surface area contributed by atoms with E-state index in [0.717, 1.165) is 30.3 Å². The molecule has 0 radical (unpaired) electrons. The van der Waals surface area contributed by atoms with Crippen molar-refractivity contribution in [2.75, 3.05) is 7.05 Å². The molecule has 1 aromatic carbocycles. The van der Waals surface area contributed by atoms with Crippen molar-refractivity contribution in [3.63, 3.8) is 0 Å². The van der Waals surface area contributed by atoms with E-state index in [1.807, 2.05) is 6.07 Å². The van der Waals surface area contributed by atoms with Crippen molar-refractivity contribution in [2.24, 2.45) is 16.0 Å². The van der Waals surface area contributed by atoms with Crippen molar-refractivity contribution in [2.45, 2.75) is 50.1 Å². The lowest BCUT2D eigenvalue weighted by atomic mass is 9.87. The summed E-state index contributed by atoms with van der Waals surface area (Å²) in [7, 11) is -1.93. The van der Waals surface area contributed by atoms with Gasteiger partial charge in [0.25, 0.3) is 0 Å². The van der Waals surface area contributed by atoms with Crippen molar-refractivity contribution in [1.29, 1.82) is 0 Å². The molecule has 0 unspecified atom stereocenters. The minimum absolute atomic E-state index is 0. The summed E-state index contributed by atoms with van der Waals surface area (Å²) in [5.74, 6) is 1.55. The Morgan fingerprint density at radius 3 is 2.54 bits per heavy atom. The average molecular weight is 466 g/mol. The second kappa shape index (κ2) is 9.57. The van der Waals surface area contributed by atoms with Crippen molar-refractivity contribution < 1.29 is 8.42 Å². The van der Waals surface area contributed by atoms with Gasteiger partial charge in [0.2, 0.25) is 10.0 Å². The molecule has 24 heavy (non-hydrogen) atoms. The van der Waals surface area contributed by atoms with Crippen LogP contribution < -0.4 is 15.8 Å². The lowest BCUT2D eigenvalue weighted by Gasteiger charge is -2.28. The molecule has 4 N–H and O–H groups in total. The molecule has 0 aromatic heterocycles. The summed E-state index contributed by atoms with van der Waals surface area (Å²) in [4.78, 5) is 4.36. The first-order chi connectivity index (χ1) is 10.9. The summed E-state index contributed by atoms with van der Waals surface area (Å²) in [6.45, 7) is 2.79. The second-order valence-corrected chi connectivity index (χ2v) is 7.78. The average Bonchev–Trinajstić information content (AvgIpc) is 2.53. The lowest BCUT2D eigenvalue weighted by molar-refractivity contribution is 0.329. The Balaban J connectivity index is 0.00000288. The molecule has 2 rings (SSSR count). The lowest BCUT2D eigenvalue weighted by Crippen LogP contribution is -2.44. The third-order valence-electron chi connectivity index (χ3n) is 4.27. The van der Waals surface area contributed by atoms with Crippen LogP contribution in [-0.4, -0.2) is 27.5 Å². The summed E-state index contributed by atoms with van der Waals surface area (Å²) in [6, 6.07) is 7.08. The number of hydrogen-bond donors (Lipinski definition) is 3. The highest BCUT2D eigenvalue weighted by Gasteiger charge is 2.18. The van der Waals surface area contributed by atoms with Gasteiger partial charge in [-0.05, 0) is 49.3 Å². The van der Waals surface area contributed by atoms with E-state index in [0.29, 0.717) is 12.6 Å². The molecule has 0 heterocycles. The van der Waals surface area contributed by atoms with Gasteiger partial charge >= 0.3 is 0 Å². The second-order valence-electron chi connectivity index (χ2n) is 6.22. The predicted octanol–water partition coefficient (Wildman–Crippen LogP) is 2.20. The van der Waals surface area contributed by atoms with E-state index in [1.54, 1.807) is 19.2 Å². The number of primary sulfonamides is 1. The minimum atomic E-state index is -3.67. The molecule has 0 spiro atoms. The number of hydrogen-bond acceptors (Lipinski definition) is 3. The Bertz CT molecular complexity index is 656. The van der Waals surface area contributed by atoms with Crippen LogP contribution in [0, 0.1) is 5.92 Å². The van der Waals surface area contributed by atoms with Crippen LogP contribution in [0.4, 0.5) is 0 Å². The third-order valence-corrected chi connectivity index (χ3v) is 5.18. The maximum absolute atomic E-state index is 11.4.